The average molecular weight is 430 g/mol. The lowest BCUT2D eigenvalue weighted by Gasteiger charge is -2.35. The average Bonchev–Trinajstić information content (AvgIpc) is 2.85. The fraction of sp³-hybridized carbons (Fsp3) is 0.333. The zero-order valence-corrected chi connectivity index (χ0v) is 18.0. The summed E-state index contributed by atoms with van der Waals surface area (Å²) in [5.41, 5.74) is 1.68. The Kier molecular flexibility index (Phi) is 5.68. The van der Waals surface area contributed by atoms with Gasteiger partial charge >= 0.3 is 0 Å². The fourth-order valence-electron chi connectivity index (χ4n) is 4.30. The van der Waals surface area contributed by atoms with Gasteiger partial charge < -0.3 is 10.7 Å². The number of aryl methyl sites for hydroxylation is 1. The number of rotatable bonds is 6. The molecule has 8 nitrogen and oxygen atoms in total. The van der Waals surface area contributed by atoms with Crippen molar-refractivity contribution in [1.82, 2.24) is 24.5 Å². The molecule has 164 valence electrons. The summed E-state index contributed by atoms with van der Waals surface area (Å²) in [5, 5.41) is 1.18. The molecule has 0 spiro atoms. The fourth-order valence-corrected chi connectivity index (χ4v) is 4.30. The van der Waals surface area contributed by atoms with Crippen molar-refractivity contribution >= 4 is 27.8 Å². The Morgan fingerprint density at radius 3 is 2.56 bits per heavy atom. The van der Waals surface area contributed by atoms with Crippen LogP contribution in [0.3, 0.4) is 0 Å². The van der Waals surface area contributed by atoms with E-state index in [2.05, 4.69) is 44.0 Å². The number of unbranched alkanes of at least 4 members (excludes halogenated alkanes) is 1. The van der Waals surface area contributed by atoms with Crippen LogP contribution in [0.4, 0.5) is 5.82 Å². The number of benzene rings is 1. The quantitative estimate of drug-likeness (QED) is 0.371. The van der Waals surface area contributed by atoms with E-state index >= 15 is 0 Å². The maximum absolute atomic E-state index is 12.4. The van der Waals surface area contributed by atoms with Gasteiger partial charge in [-0.25, -0.2) is 19.6 Å². The van der Waals surface area contributed by atoms with Crippen molar-refractivity contribution < 1.29 is 0 Å². The first kappa shape index (κ1) is 20.4. The molecule has 2 N–H and O–H groups in total. The molecule has 32 heavy (non-hydrogen) atoms. The maximum Gasteiger partial charge on any atom is 0.298 e. The number of aromatic nitrogens is 4. The summed E-state index contributed by atoms with van der Waals surface area (Å²) in [6.07, 6.45) is 4.23. The predicted molar refractivity (Wildman–Crippen MR) is 127 cm³/mol. The van der Waals surface area contributed by atoms with Crippen LogP contribution >= 0.6 is 0 Å². The Bertz CT molecular complexity index is 1290. The Morgan fingerprint density at radius 2 is 1.69 bits per heavy atom. The minimum atomic E-state index is -0.288. The number of nitrogens with zero attached hydrogens (tertiary/aromatic N) is 6. The van der Waals surface area contributed by atoms with Gasteiger partial charge in [-0.3, -0.25) is 9.69 Å². The van der Waals surface area contributed by atoms with Crippen molar-refractivity contribution in [3.8, 4) is 0 Å². The van der Waals surface area contributed by atoms with Crippen LogP contribution in [-0.4, -0.2) is 57.3 Å². The second-order valence-corrected chi connectivity index (χ2v) is 8.22. The molecule has 1 aliphatic rings. The molecule has 0 unspecified atom stereocenters. The smallest absolute Gasteiger partial charge is 0.298 e. The molecule has 1 aliphatic heterocycles. The minimum absolute atomic E-state index is 0.288. The molecule has 5 rings (SSSR count). The van der Waals surface area contributed by atoms with Crippen LogP contribution in [0.5, 0.6) is 0 Å². The van der Waals surface area contributed by atoms with Crippen molar-refractivity contribution in [2.45, 2.75) is 19.3 Å². The highest BCUT2D eigenvalue weighted by Gasteiger charge is 2.18. The lowest BCUT2D eigenvalue weighted by atomic mass is 10.2. The van der Waals surface area contributed by atoms with E-state index in [-0.39, 0.29) is 5.56 Å². The van der Waals surface area contributed by atoms with Crippen LogP contribution in [0.1, 0.15) is 18.7 Å². The van der Waals surface area contributed by atoms with E-state index in [1.807, 2.05) is 12.1 Å². The van der Waals surface area contributed by atoms with E-state index < -0.39 is 0 Å². The van der Waals surface area contributed by atoms with Crippen LogP contribution in [0.15, 0.2) is 59.5 Å². The standard InChI is InChI=1S/C24H27N7O/c25-31-22(28-20-8-5-12-26-23(20)24(31)32)9-3-4-13-29-14-16-30(17-15-29)21-11-10-18-6-1-2-7-19(18)27-21/h1-2,5-8,10-12H,3-4,9,13-17,25H2. The molecule has 4 aromatic rings. The van der Waals surface area contributed by atoms with Gasteiger partial charge in [0.1, 0.15) is 11.6 Å². The van der Waals surface area contributed by atoms with Gasteiger partial charge in [-0.1, -0.05) is 18.2 Å². The third-order valence-corrected chi connectivity index (χ3v) is 6.14. The van der Waals surface area contributed by atoms with Crippen LogP contribution in [0.2, 0.25) is 0 Å². The van der Waals surface area contributed by atoms with Crippen molar-refractivity contribution in [1.29, 1.82) is 0 Å². The summed E-state index contributed by atoms with van der Waals surface area (Å²) in [5.74, 6) is 7.63. The third-order valence-electron chi connectivity index (χ3n) is 6.14. The molecule has 0 aliphatic carbocycles. The number of para-hydroxylation sites is 1. The van der Waals surface area contributed by atoms with Crippen LogP contribution in [0, 0.1) is 0 Å². The zero-order valence-electron chi connectivity index (χ0n) is 18.0. The number of anilines is 1. The van der Waals surface area contributed by atoms with Gasteiger partial charge in [-0.05, 0) is 49.7 Å². The number of hydrogen-bond donors (Lipinski definition) is 1. The zero-order chi connectivity index (χ0) is 21.9. The number of nitrogens with two attached hydrogens (primary N) is 1. The predicted octanol–water partition coefficient (Wildman–Crippen LogP) is 2.20. The van der Waals surface area contributed by atoms with E-state index in [0.29, 0.717) is 23.3 Å². The van der Waals surface area contributed by atoms with Crippen LogP contribution < -0.4 is 16.3 Å². The highest BCUT2D eigenvalue weighted by Crippen LogP contribution is 2.19. The van der Waals surface area contributed by atoms with Crippen molar-refractivity contribution in [3.05, 3.63) is 70.9 Å². The second-order valence-electron chi connectivity index (χ2n) is 8.22. The summed E-state index contributed by atoms with van der Waals surface area (Å²) in [7, 11) is 0. The molecule has 3 aromatic heterocycles. The van der Waals surface area contributed by atoms with Gasteiger partial charge in [0.15, 0.2) is 5.52 Å². The molecule has 1 fully saturated rings. The molecule has 1 saturated heterocycles. The number of fused-ring (bicyclic) bond motifs is 2. The lowest BCUT2D eigenvalue weighted by molar-refractivity contribution is 0.252. The molecule has 4 heterocycles. The lowest BCUT2D eigenvalue weighted by Crippen LogP contribution is -2.46. The first-order valence-electron chi connectivity index (χ1n) is 11.1. The van der Waals surface area contributed by atoms with E-state index in [0.717, 1.165) is 61.6 Å². The van der Waals surface area contributed by atoms with Crippen LogP contribution in [0.25, 0.3) is 21.9 Å². The normalized spacial score (nSPS) is 14.9. The summed E-state index contributed by atoms with van der Waals surface area (Å²) >= 11 is 0. The summed E-state index contributed by atoms with van der Waals surface area (Å²) in [6.45, 7) is 5.04. The molecule has 8 heteroatoms. The molecule has 0 radical (unpaired) electrons. The van der Waals surface area contributed by atoms with Gasteiger partial charge in [-0.15, -0.1) is 0 Å². The first-order valence-corrected chi connectivity index (χ1v) is 11.1. The summed E-state index contributed by atoms with van der Waals surface area (Å²) < 4.78 is 1.14. The Hall–Kier alpha value is -3.52. The van der Waals surface area contributed by atoms with Gasteiger partial charge in [0.2, 0.25) is 0 Å². The largest absolute Gasteiger partial charge is 0.354 e. The highest BCUT2D eigenvalue weighted by molar-refractivity contribution is 5.80. The number of piperazine rings is 1. The van der Waals surface area contributed by atoms with Gasteiger partial charge in [0.05, 0.1) is 11.0 Å². The highest BCUT2D eigenvalue weighted by atomic mass is 16.1. The maximum atomic E-state index is 12.4. The number of pyridine rings is 2. The van der Waals surface area contributed by atoms with E-state index in [4.69, 9.17) is 10.8 Å². The van der Waals surface area contributed by atoms with Crippen LogP contribution in [-0.2, 0) is 6.42 Å². The number of nitrogen functional groups attached to an aromatic ring is 1. The summed E-state index contributed by atoms with van der Waals surface area (Å²) in [6, 6.07) is 16.1. The molecular formula is C24H27N7O. The SMILES string of the molecule is Nn1c(CCCCN2CCN(c3ccc4ccccc4n3)CC2)nc2cccnc2c1=O. The molecule has 0 atom stereocenters. The van der Waals surface area contributed by atoms with Crippen molar-refractivity contribution in [2.75, 3.05) is 43.5 Å². The Morgan fingerprint density at radius 1 is 0.875 bits per heavy atom. The molecule has 0 bridgehead atoms. The molecule has 0 saturated carbocycles. The van der Waals surface area contributed by atoms with Crippen molar-refractivity contribution in [2.24, 2.45) is 0 Å². The van der Waals surface area contributed by atoms with E-state index in [9.17, 15) is 4.79 Å². The molecule has 1 aromatic carbocycles. The van der Waals surface area contributed by atoms with E-state index in [1.54, 1.807) is 18.3 Å². The van der Waals surface area contributed by atoms with Gasteiger partial charge in [0.25, 0.3) is 5.56 Å². The minimum Gasteiger partial charge on any atom is -0.354 e. The number of hydrogen-bond acceptors (Lipinski definition) is 7. The topological polar surface area (TPSA) is 93.2 Å². The Labute approximate surface area is 186 Å². The summed E-state index contributed by atoms with van der Waals surface area (Å²) in [4.78, 5) is 30.7. The van der Waals surface area contributed by atoms with Gasteiger partial charge in [-0.2, -0.15) is 0 Å². The molecule has 0 amide bonds. The first-order chi connectivity index (χ1) is 15.7. The molecular weight excluding hydrogens is 402 g/mol. The second kappa shape index (κ2) is 8.92. The Balaban J connectivity index is 1.12. The monoisotopic (exact) mass is 429 g/mol. The van der Waals surface area contributed by atoms with Crippen molar-refractivity contribution in [3.63, 3.8) is 0 Å². The van der Waals surface area contributed by atoms with E-state index in [1.165, 1.54) is 5.39 Å². The van der Waals surface area contributed by atoms with Gasteiger partial charge in [0, 0.05) is 44.2 Å². The third kappa shape index (κ3) is 4.13.